The van der Waals surface area contributed by atoms with Gasteiger partial charge in [0.1, 0.15) is 0 Å². The molecule has 2 aromatic rings. The maximum Gasteiger partial charge on any atom is 0.233 e. The van der Waals surface area contributed by atoms with Crippen molar-refractivity contribution < 1.29 is 4.79 Å². The third-order valence-corrected chi connectivity index (χ3v) is 5.87. The van der Waals surface area contributed by atoms with Gasteiger partial charge in [0, 0.05) is 38.9 Å². The Morgan fingerprint density at radius 1 is 1.04 bits per heavy atom. The summed E-state index contributed by atoms with van der Waals surface area (Å²) in [5, 5.41) is 0. The van der Waals surface area contributed by atoms with Crippen molar-refractivity contribution in [3.8, 4) is 0 Å². The monoisotopic (exact) mass is 385 g/mol. The topological polar surface area (TPSA) is 36.4 Å². The molecule has 136 valence electrons. The lowest BCUT2D eigenvalue weighted by molar-refractivity contribution is -0.128. The third-order valence-electron chi connectivity index (χ3n) is 4.39. The summed E-state index contributed by atoms with van der Waals surface area (Å²) < 4.78 is 0.783. The van der Waals surface area contributed by atoms with Crippen LogP contribution in [0.2, 0.25) is 0 Å². The van der Waals surface area contributed by atoms with Crippen molar-refractivity contribution in [1.82, 2.24) is 14.8 Å². The average molecular weight is 386 g/mol. The first kappa shape index (κ1) is 19.0. The molecule has 1 aliphatic heterocycles. The van der Waals surface area contributed by atoms with Gasteiger partial charge in [0.05, 0.1) is 15.6 Å². The molecule has 4 nitrogen and oxygen atoms in total. The van der Waals surface area contributed by atoms with Gasteiger partial charge in [0.15, 0.2) is 0 Å². The molecule has 26 heavy (non-hydrogen) atoms. The molecule has 1 aromatic heterocycles. The van der Waals surface area contributed by atoms with E-state index in [9.17, 15) is 4.79 Å². The first-order valence-electron chi connectivity index (χ1n) is 8.84. The van der Waals surface area contributed by atoms with Crippen molar-refractivity contribution in [2.24, 2.45) is 0 Å². The van der Waals surface area contributed by atoms with Gasteiger partial charge in [-0.25, -0.2) is 0 Å². The predicted octanol–water partition coefficient (Wildman–Crippen LogP) is 3.22. The molecular weight excluding hydrogens is 362 g/mol. The lowest BCUT2D eigenvalue weighted by Gasteiger charge is -2.21. The van der Waals surface area contributed by atoms with Gasteiger partial charge in [-0.05, 0) is 24.1 Å². The first-order valence-corrected chi connectivity index (χ1v) is 10.2. The van der Waals surface area contributed by atoms with Crippen molar-refractivity contribution >= 4 is 34.1 Å². The van der Waals surface area contributed by atoms with Gasteiger partial charge < -0.3 is 4.90 Å². The molecule has 1 fully saturated rings. The Kier molecular flexibility index (Phi) is 7.17. The largest absolute Gasteiger partial charge is 0.341 e. The van der Waals surface area contributed by atoms with Crippen LogP contribution in [0.3, 0.4) is 0 Å². The normalized spacial score (nSPS) is 15.5. The van der Waals surface area contributed by atoms with Crippen LogP contribution < -0.4 is 0 Å². The number of thioether (sulfide) groups is 1. The predicted molar refractivity (Wildman–Crippen MR) is 111 cm³/mol. The smallest absolute Gasteiger partial charge is 0.233 e. The summed E-state index contributed by atoms with van der Waals surface area (Å²) in [6, 6.07) is 15.9. The molecule has 1 amide bonds. The Bertz CT molecular complexity index is 724. The molecule has 0 atom stereocenters. The number of benzene rings is 1. The number of hydrogen-bond donors (Lipinski definition) is 0. The number of carbonyl (C=O) groups excluding carboxylic acids is 1. The van der Waals surface area contributed by atoms with E-state index in [1.165, 1.54) is 11.8 Å². The van der Waals surface area contributed by atoms with E-state index in [1.54, 1.807) is 0 Å². The van der Waals surface area contributed by atoms with Crippen LogP contribution in [-0.4, -0.2) is 56.8 Å². The molecule has 3 rings (SSSR count). The molecule has 1 aliphatic rings. The van der Waals surface area contributed by atoms with E-state index >= 15 is 0 Å². The molecule has 0 N–H and O–H groups in total. The summed E-state index contributed by atoms with van der Waals surface area (Å²) in [6.45, 7) is 4.31. The molecule has 1 aromatic carbocycles. The fraction of sp³-hybridized carbons (Fsp3) is 0.350. The van der Waals surface area contributed by atoms with Crippen LogP contribution in [0.1, 0.15) is 17.7 Å². The Morgan fingerprint density at radius 3 is 2.62 bits per heavy atom. The number of amides is 1. The Labute approximate surface area is 164 Å². The SMILES string of the molecule is O=C(CSC(=S)c1ccccc1)N1CCCN(Cc2ccccn2)CC1. The summed E-state index contributed by atoms with van der Waals surface area (Å²) in [5.74, 6) is 0.585. The molecular formula is C20H23N3OS2. The second-order valence-corrected chi connectivity index (χ2v) is 7.93. The lowest BCUT2D eigenvalue weighted by Crippen LogP contribution is -2.36. The van der Waals surface area contributed by atoms with Gasteiger partial charge >= 0.3 is 0 Å². The van der Waals surface area contributed by atoms with E-state index in [0.29, 0.717) is 5.75 Å². The van der Waals surface area contributed by atoms with Crippen LogP contribution in [0.4, 0.5) is 0 Å². The summed E-state index contributed by atoms with van der Waals surface area (Å²) in [6.07, 6.45) is 2.82. The minimum Gasteiger partial charge on any atom is -0.341 e. The molecule has 0 unspecified atom stereocenters. The van der Waals surface area contributed by atoms with Gasteiger partial charge in [0.2, 0.25) is 5.91 Å². The maximum absolute atomic E-state index is 12.6. The van der Waals surface area contributed by atoms with Gasteiger partial charge in [-0.1, -0.05) is 48.6 Å². The van der Waals surface area contributed by atoms with Crippen LogP contribution in [0, 0.1) is 0 Å². The fourth-order valence-corrected chi connectivity index (χ4v) is 4.03. The zero-order valence-electron chi connectivity index (χ0n) is 14.7. The molecule has 0 saturated carbocycles. The number of pyridine rings is 1. The Morgan fingerprint density at radius 2 is 1.85 bits per heavy atom. The summed E-state index contributed by atoms with van der Waals surface area (Å²) in [5.41, 5.74) is 2.09. The number of aromatic nitrogens is 1. The lowest BCUT2D eigenvalue weighted by atomic mass is 10.2. The van der Waals surface area contributed by atoms with E-state index in [0.717, 1.165) is 54.6 Å². The molecule has 6 heteroatoms. The first-order chi connectivity index (χ1) is 12.7. The van der Waals surface area contributed by atoms with Crippen molar-refractivity contribution in [3.05, 3.63) is 66.0 Å². The summed E-state index contributed by atoms with van der Waals surface area (Å²) >= 11 is 6.89. The molecule has 1 saturated heterocycles. The highest BCUT2D eigenvalue weighted by Gasteiger charge is 2.20. The van der Waals surface area contributed by atoms with Gasteiger partial charge in [-0.2, -0.15) is 0 Å². The minimum atomic E-state index is 0.174. The van der Waals surface area contributed by atoms with E-state index < -0.39 is 0 Å². The van der Waals surface area contributed by atoms with Gasteiger partial charge in [-0.3, -0.25) is 14.7 Å². The standard InChI is InChI=1S/C20H23N3OS2/c24-19(16-26-20(25)17-7-2-1-3-8-17)23-12-6-11-22(13-14-23)15-18-9-4-5-10-21-18/h1-5,7-10H,6,11-16H2. The van der Waals surface area contributed by atoms with Crippen LogP contribution >= 0.6 is 24.0 Å². The van der Waals surface area contributed by atoms with Crippen molar-refractivity contribution in [2.75, 3.05) is 31.9 Å². The van der Waals surface area contributed by atoms with Crippen molar-refractivity contribution in [1.29, 1.82) is 0 Å². The number of hydrogen-bond acceptors (Lipinski definition) is 5. The minimum absolute atomic E-state index is 0.174. The highest BCUT2D eigenvalue weighted by molar-refractivity contribution is 8.24. The number of rotatable bonds is 5. The number of carbonyl (C=O) groups is 1. The fourth-order valence-electron chi connectivity index (χ4n) is 2.98. The Balaban J connectivity index is 1.46. The average Bonchev–Trinajstić information content (AvgIpc) is 2.93. The molecule has 0 radical (unpaired) electrons. The zero-order valence-corrected chi connectivity index (χ0v) is 16.3. The van der Waals surface area contributed by atoms with E-state index in [-0.39, 0.29) is 5.91 Å². The van der Waals surface area contributed by atoms with Gasteiger partial charge in [-0.15, -0.1) is 11.8 Å². The highest BCUT2D eigenvalue weighted by atomic mass is 32.2. The van der Waals surface area contributed by atoms with Crippen molar-refractivity contribution in [3.63, 3.8) is 0 Å². The van der Waals surface area contributed by atoms with Crippen LogP contribution in [-0.2, 0) is 11.3 Å². The van der Waals surface area contributed by atoms with Crippen LogP contribution in [0.25, 0.3) is 0 Å². The van der Waals surface area contributed by atoms with Crippen molar-refractivity contribution in [2.45, 2.75) is 13.0 Å². The molecule has 0 bridgehead atoms. The van der Waals surface area contributed by atoms with E-state index in [4.69, 9.17) is 12.2 Å². The molecule has 2 heterocycles. The molecule has 0 aliphatic carbocycles. The third kappa shape index (κ3) is 5.62. The second-order valence-electron chi connectivity index (χ2n) is 6.27. The number of thiocarbonyl (C=S) groups is 1. The zero-order chi connectivity index (χ0) is 18.2. The quantitative estimate of drug-likeness (QED) is 0.739. The summed E-state index contributed by atoms with van der Waals surface area (Å²) in [4.78, 5) is 21.3. The maximum atomic E-state index is 12.6. The highest BCUT2D eigenvalue weighted by Crippen LogP contribution is 2.15. The molecule has 0 spiro atoms. The van der Waals surface area contributed by atoms with Gasteiger partial charge in [0.25, 0.3) is 0 Å². The van der Waals surface area contributed by atoms with Crippen LogP contribution in [0.5, 0.6) is 0 Å². The Hall–Kier alpha value is -1.76. The van der Waals surface area contributed by atoms with E-state index in [2.05, 4.69) is 16.0 Å². The number of nitrogens with zero attached hydrogens (tertiary/aromatic N) is 3. The second kappa shape index (κ2) is 9.80. The van der Waals surface area contributed by atoms with Crippen LogP contribution in [0.15, 0.2) is 54.7 Å². The summed E-state index contributed by atoms with van der Waals surface area (Å²) in [7, 11) is 0. The van der Waals surface area contributed by atoms with E-state index in [1.807, 2.05) is 53.6 Å².